The van der Waals surface area contributed by atoms with Gasteiger partial charge in [-0.1, -0.05) is 18.2 Å². The molecule has 0 heterocycles. The first kappa shape index (κ1) is 19.8. The first-order valence-electron chi connectivity index (χ1n) is 8.28. The Morgan fingerprint density at radius 1 is 1.17 bits per heavy atom. The van der Waals surface area contributed by atoms with Crippen molar-refractivity contribution in [2.45, 2.75) is 32.6 Å². The summed E-state index contributed by atoms with van der Waals surface area (Å²) in [4.78, 5) is 24.5. The van der Waals surface area contributed by atoms with Crippen molar-refractivity contribution in [2.24, 2.45) is 0 Å². The summed E-state index contributed by atoms with van der Waals surface area (Å²) in [5, 5.41) is 2.84. The molecule has 0 unspecified atom stereocenters. The van der Waals surface area contributed by atoms with Crippen LogP contribution in [0, 0.1) is 6.92 Å². The molecule has 1 aromatic carbocycles. The smallest absolute Gasteiger partial charge is 0.317 e. The third kappa shape index (κ3) is 7.85. The van der Waals surface area contributed by atoms with E-state index in [1.165, 1.54) is 7.11 Å². The normalized spacial score (nSPS) is 10.1. The molecule has 0 aromatic heterocycles. The van der Waals surface area contributed by atoms with Crippen LogP contribution in [-0.2, 0) is 9.53 Å². The van der Waals surface area contributed by atoms with Crippen LogP contribution in [0.1, 0.15) is 31.2 Å². The van der Waals surface area contributed by atoms with Crippen molar-refractivity contribution in [3.63, 3.8) is 0 Å². The zero-order valence-electron chi connectivity index (χ0n) is 14.8. The van der Waals surface area contributed by atoms with E-state index >= 15 is 0 Å². The quantitative estimate of drug-likeness (QED) is 0.527. The number of hydrogen-bond donors (Lipinski definition) is 1. The zero-order chi connectivity index (χ0) is 17.8. The number of methoxy groups -OCH3 is 1. The van der Waals surface area contributed by atoms with Gasteiger partial charge in [0.2, 0.25) is 0 Å². The topological polar surface area (TPSA) is 67.9 Å². The van der Waals surface area contributed by atoms with Gasteiger partial charge in [0, 0.05) is 26.6 Å². The Labute approximate surface area is 144 Å². The molecule has 24 heavy (non-hydrogen) atoms. The Kier molecular flexibility index (Phi) is 9.34. The monoisotopic (exact) mass is 336 g/mol. The van der Waals surface area contributed by atoms with Crippen LogP contribution in [0.15, 0.2) is 24.3 Å². The standard InChI is InChI=1S/C18H28N2O4/c1-15-9-4-5-10-16(15)24-14-8-13-20(2)18(22)19-12-7-6-11-17(21)23-3/h4-5,9-10H,6-8,11-14H2,1-3H3,(H,19,22). The highest BCUT2D eigenvalue weighted by molar-refractivity contribution is 5.73. The summed E-state index contributed by atoms with van der Waals surface area (Å²) in [5.74, 6) is 0.669. The number of unbranched alkanes of at least 4 members (excludes halogenated alkanes) is 1. The molecule has 0 fully saturated rings. The molecule has 0 saturated heterocycles. The third-order valence-corrected chi connectivity index (χ3v) is 3.65. The van der Waals surface area contributed by atoms with E-state index in [1.807, 2.05) is 31.2 Å². The van der Waals surface area contributed by atoms with Gasteiger partial charge in [-0.25, -0.2) is 4.79 Å². The summed E-state index contributed by atoms with van der Waals surface area (Å²) in [6.07, 6.45) is 2.62. The van der Waals surface area contributed by atoms with Crippen LogP contribution >= 0.6 is 0 Å². The number of amides is 2. The molecule has 0 atom stereocenters. The van der Waals surface area contributed by atoms with Crippen molar-refractivity contribution >= 4 is 12.0 Å². The summed E-state index contributed by atoms with van der Waals surface area (Å²) in [5.41, 5.74) is 1.11. The minimum Gasteiger partial charge on any atom is -0.493 e. The number of hydrogen-bond acceptors (Lipinski definition) is 4. The maximum absolute atomic E-state index is 11.9. The van der Waals surface area contributed by atoms with Crippen molar-refractivity contribution in [3.05, 3.63) is 29.8 Å². The summed E-state index contributed by atoms with van der Waals surface area (Å²) < 4.78 is 10.3. The molecular formula is C18H28N2O4. The number of ether oxygens (including phenoxy) is 2. The van der Waals surface area contributed by atoms with Gasteiger partial charge in [0.1, 0.15) is 5.75 Å². The maximum Gasteiger partial charge on any atom is 0.317 e. The molecule has 6 heteroatoms. The van der Waals surface area contributed by atoms with Crippen molar-refractivity contribution in [1.82, 2.24) is 10.2 Å². The van der Waals surface area contributed by atoms with Gasteiger partial charge in [0.25, 0.3) is 0 Å². The predicted octanol–water partition coefficient (Wildman–Crippen LogP) is 2.75. The average Bonchev–Trinajstić information content (AvgIpc) is 2.59. The van der Waals surface area contributed by atoms with Crippen LogP contribution < -0.4 is 10.1 Å². The van der Waals surface area contributed by atoms with E-state index in [0.717, 1.165) is 24.2 Å². The minimum absolute atomic E-state index is 0.107. The number of carbonyl (C=O) groups is 2. The highest BCUT2D eigenvalue weighted by atomic mass is 16.5. The van der Waals surface area contributed by atoms with Gasteiger partial charge in [-0.3, -0.25) is 4.79 Å². The van der Waals surface area contributed by atoms with Crippen LogP contribution in [0.4, 0.5) is 4.79 Å². The fourth-order valence-corrected chi connectivity index (χ4v) is 2.13. The summed E-state index contributed by atoms with van der Waals surface area (Å²) in [6.45, 7) is 3.76. The number of nitrogens with one attached hydrogen (secondary N) is 1. The Hall–Kier alpha value is -2.24. The van der Waals surface area contributed by atoms with E-state index in [2.05, 4.69) is 10.1 Å². The Balaban J connectivity index is 2.09. The first-order valence-corrected chi connectivity index (χ1v) is 8.28. The Morgan fingerprint density at radius 3 is 2.62 bits per heavy atom. The van der Waals surface area contributed by atoms with Crippen LogP contribution in [0.2, 0.25) is 0 Å². The van der Waals surface area contributed by atoms with E-state index in [9.17, 15) is 9.59 Å². The maximum atomic E-state index is 11.9. The molecule has 0 aliphatic heterocycles. The molecule has 134 valence electrons. The molecule has 2 amide bonds. The van der Waals surface area contributed by atoms with Gasteiger partial charge in [-0.2, -0.15) is 0 Å². The molecule has 0 aliphatic carbocycles. The number of aryl methyl sites for hydroxylation is 1. The molecule has 0 aliphatic rings. The molecule has 0 radical (unpaired) electrons. The van der Waals surface area contributed by atoms with E-state index in [1.54, 1.807) is 11.9 Å². The molecule has 0 spiro atoms. The second kappa shape index (κ2) is 11.3. The van der Waals surface area contributed by atoms with Gasteiger partial charge in [0.05, 0.1) is 13.7 Å². The van der Waals surface area contributed by atoms with Gasteiger partial charge >= 0.3 is 12.0 Å². The lowest BCUT2D eigenvalue weighted by Crippen LogP contribution is -2.38. The number of esters is 1. The Morgan fingerprint density at radius 2 is 1.92 bits per heavy atom. The summed E-state index contributed by atoms with van der Waals surface area (Å²) in [6, 6.07) is 7.77. The first-order chi connectivity index (χ1) is 11.5. The van der Waals surface area contributed by atoms with Crippen LogP contribution in [0.5, 0.6) is 5.75 Å². The second-order valence-electron chi connectivity index (χ2n) is 5.65. The summed E-state index contributed by atoms with van der Waals surface area (Å²) >= 11 is 0. The van der Waals surface area contributed by atoms with Gasteiger partial charge in [-0.15, -0.1) is 0 Å². The van der Waals surface area contributed by atoms with Crippen LogP contribution in [0.25, 0.3) is 0 Å². The lowest BCUT2D eigenvalue weighted by molar-refractivity contribution is -0.140. The minimum atomic E-state index is -0.216. The molecule has 0 saturated carbocycles. The van der Waals surface area contributed by atoms with E-state index in [-0.39, 0.29) is 12.0 Å². The Bertz CT molecular complexity index is 519. The molecule has 1 rings (SSSR count). The van der Waals surface area contributed by atoms with Gasteiger partial charge in [0.15, 0.2) is 0 Å². The van der Waals surface area contributed by atoms with Gasteiger partial charge in [-0.05, 0) is 37.8 Å². The molecule has 1 N–H and O–H groups in total. The van der Waals surface area contributed by atoms with E-state index in [4.69, 9.17) is 4.74 Å². The van der Waals surface area contributed by atoms with E-state index < -0.39 is 0 Å². The summed E-state index contributed by atoms with van der Waals surface area (Å²) in [7, 11) is 3.14. The fraction of sp³-hybridized carbons (Fsp3) is 0.556. The fourth-order valence-electron chi connectivity index (χ4n) is 2.13. The number of urea groups is 1. The second-order valence-corrected chi connectivity index (χ2v) is 5.65. The highest BCUT2D eigenvalue weighted by Crippen LogP contribution is 2.16. The van der Waals surface area contributed by atoms with Crippen molar-refractivity contribution < 1.29 is 19.1 Å². The van der Waals surface area contributed by atoms with Crippen molar-refractivity contribution in [3.8, 4) is 5.75 Å². The zero-order valence-corrected chi connectivity index (χ0v) is 14.8. The van der Waals surface area contributed by atoms with Crippen LogP contribution in [-0.4, -0.2) is 50.8 Å². The number of carbonyl (C=O) groups excluding carboxylic acids is 2. The number of benzene rings is 1. The largest absolute Gasteiger partial charge is 0.493 e. The number of nitrogens with zero attached hydrogens (tertiary/aromatic N) is 1. The number of rotatable bonds is 10. The van der Waals surface area contributed by atoms with Crippen molar-refractivity contribution in [1.29, 1.82) is 0 Å². The predicted molar refractivity (Wildman–Crippen MR) is 93.2 cm³/mol. The SMILES string of the molecule is COC(=O)CCCCNC(=O)N(C)CCCOc1ccccc1C. The lowest BCUT2D eigenvalue weighted by atomic mass is 10.2. The lowest BCUT2D eigenvalue weighted by Gasteiger charge is -2.18. The third-order valence-electron chi connectivity index (χ3n) is 3.65. The average molecular weight is 336 g/mol. The van der Waals surface area contributed by atoms with Crippen LogP contribution in [0.3, 0.4) is 0 Å². The highest BCUT2D eigenvalue weighted by Gasteiger charge is 2.08. The molecule has 0 bridgehead atoms. The van der Waals surface area contributed by atoms with E-state index in [0.29, 0.717) is 32.5 Å². The number of para-hydroxylation sites is 1. The van der Waals surface area contributed by atoms with Crippen molar-refractivity contribution in [2.75, 3.05) is 33.9 Å². The molecule has 6 nitrogen and oxygen atoms in total. The molecule has 1 aromatic rings. The molecular weight excluding hydrogens is 308 g/mol. The van der Waals surface area contributed by atoms with Gasteiger partial charge < -0.3 is 19.7 Å².